The Kier molecular flexibility index (Phi) is 4.60. The van der Waals surface area contributed by atoms with Gasteiger partial charge in [-0.25, -0.2) is 9.78 Å². The van der Waals surface area contributed by atoms with Crippen molar-refractivity contribution in [3.63, 3.8) is 0 Å². The standard InChI is InChI=1S/C16H17ClN2O2/c1-10(19(2)3)11-4-6-12(7-5-11)14-9-8-13(17)15(18-14)16(20)21/h4-10H,1-3H3,(H,20,21). The normalized spacial score (nSPS) is 12.4. The van der Waals surface area contributed by atoms with Gasteiger partial charge in [0.2, 0.25) is 0 Å². The molecule has 0 radical (unpaired) electrons. The Balaban J connectivity index is 2.35. The molecule has 2 rings (SSSR count). The van der Waals surface area contributed by atoms with Gasteiger partial charge in [0.25, 0.3) is 0 Å². The molecule has 0 bridgehead atoms. The molecule has 0 saturated carbocycles. The van der Waals surface area contributed by atoms with E-state index in [9.17, 15) is 4.79 Å². The average Bonchev–Trinajstić information content (AvgIpc) is 2.46. The molecule has 1 heterocycles. The summed E-state index contributed by atoms with van der Waals surface area (Å²) in [4.78, 5) is 17.3. The summed E-state index contributed by atoms with van der Waals surface area (Å²) in [6, 6.07) is 11.5. The first-order chi connectivity index (χ1) is 9.90. The predicted molar refractivity (Wildman–Crippen MR) is 83.7 cm³/mol. The number of carboxylic acids is 1. The quantitative estimate of drug-likeness (QED) is 0.935. The molecule has 0 spiro atoms. The molecule has 110 valence electrons. The van der Waals surface area contributed by atoms with Gasteiger partial charge in [-0.2, -0.15) is 0 Å². The Hall–Kier alpha value is -1.91. The van der Waals surface area contributed by atoms with Crippen molar-refractivity contribution in [2.75, 3.05) is 14.1 Å². The molecule has 1 unspecified atom stereocenters. The van der Waals surface area contributed by atoms with Gasteiger partial charge in [0.1, 0.15) is 0 Å². The van der Waals surface area contributed by atoms with Gasteiger partial charge in [-0.3, -0.25) is 0 Å². The van der Waals surface area contributed by atoms with Gasteiger partial charge in [-0.15, -0.1) is 0 Å². The molecule has 1 atom stereocenters. The number of rotatable bonds is 4. The molecule has 0 aliphatic heterocycles. The van der Waals surface area contributed by atoms with E-state index in [4.69, 9.17) is 16.7 Å². The highest BCUT2D eigenvalue weighted by Gasteiger charge is 2.13. The summed E-state index contributed by atoms with van der Waals surface area (Å²) in [5.41, 5.74) is 2.53. The SMILES string of the molecule is CC(c1ccc(-c2ccc(Cl)c(C(=O)O)n2)cc1)N(C)C. The van der Waals surface area contributed by atoms with Crippen LogP contribution in [0.5, 0.6) is 0 Å². The first-order valence-electron chi connectivity index (χ1n) is 6.56. The third-order valence-electron chi connectivity index (χ3n) is 3.51. The fourth-order valence-corrected chi connectivity index (χ4v) is 2.17. The van der Waals surface area contributed by atoms with Gasteiger partial charge in [-0.1, -0.05) is 35.9 Å². The van der Waals surface area contributed by atoms with Crippen molar-refractivity contribution in [3.05, 3.63) is 52.7 Å². The second-order valence-electron chi connectivity index (χ2n) is 5.09. The van der Waals surface area contributed by atoms with Crippen molar-refractivity contribution in [1.29, 1.82) is 0 Å². The first kappa shape index (κ1) is 15.5. The van der Waals surface area contributed by atoms with Gasteiger partial charge in [0, 0.05) is 11.6 Å². The van der Waals surface area contributed by atoms with Crippen molar-refractivity contribution in [2.45, 2.75) is 13.0 Å². The van der Waals surface area contributed by atoms with Crippen LogP contribution in [-0.2, 0) is 0 Å². The first-order valence-corrected chi connectivity index (χ1v) is 6.94. The summed E-state index contributed by atoms with van der Waals surface area (Å²) in [6.45, 7) is 2.12. The van der Waals surface area contributed by atoms with E-state index in [1.165, 1.54) is 5.56 Å². The van der Waals surface area contributed by atoms with Crippen molar-refractivity contribution in [2.24, 2.45) is 0 Å². The summed E-state index contributed by atoms with van der Waals surface area (Å²) in [6.07, 6.45) is 0. The second kappa shape index (κ2) is 6.24. The highest BCUT2D eigenvalue weighted by molar-refractivity contribution is 6.33. The molecule has 21 heavy (non-hydrogen) atoms. The van der Waals surface area contributed by atoms with Crippen LogP contribution in [0, 0.1) is 0 Å². The summed E-state index contributed by atoms with van der Waals surface area (Å²) in [5, 5.41) is 9.21. The number of aromatic nitrogens is 1. The Morgan fingerprint density at radius 3 is 2.33 bits per heavy atom. The molecule has 0 aliphatic rings. The molecule has 0 amide bonds. The van der Waals surface area contributed by atoms with Crippen LogP contribution in [0.4, 0.5) is 0 Å². The van der Waals surface area contributed by atoms with Gasteiger partial charge in [0.15, 0.2) is 5.69 Å². The number of hydrogen-bond acceptors (Lipinski definition) is 3. The number of benzene rings is 1. The van der Waals surface area contributed by atoms with Crippen molar-refractivity contribution >= 4 is 17.6 Å². The number of nitrogens with zero attached hydrogens (tertiary/aromatic N) is 2. The van der Waals surface area contributed by atoms with Crippen LogP contribution >= 0.6 is 11.6 Å². The van der Waals surface area contributed by atoms with Gasteiger partial charge >= 0.3 is 5.97 Å². The lowest BCUT2D eigenvalue weighted by atomic mass is 10.0. The van der Waals surface area contributed by atoms with Crippen LogP contribution < -0.4 is 0 Å². The largest absolute Gasteiger partial charge is 0.476 e. The highest BCUT2D eigenvalue weighted by atomic mass is 35.5. The van der Waals surface area contributed by atoms with Crippen LogP contribution in [0.25, 0.3) is 11.3 Å². The molecule has 5 heteroatoms. The fourth-order valence-electron chi connectivity index (χ4n) is 1.98. The maximum atomic E-state index is 11.1. The van der Waals surface area contributed by atoms with Gasteiger partial charge in [0.05, 0.1) is 10.7 Å². The van der Waals surface area contributed by atoms with Crippen molar-refractivity contribution in [3.8, 4) is 11.3 Å². The van der Waals surface area contributed by atoms with Crippen molar-refractivity contribution in [1.82, 2.24) is 9.88 Å². The van der Waals surface area contributed by atoms with Crippen LogP contribution in [0.15, 0.2) is 36.4 Å². The minimum absolute atomic E-state index is 0.125. The molecule has 0 fully saturated rings. The molecule has 0 aliphatic carbocycles. The molecular formula is C16H17ClN2O2. The molecule has 2 aromatic rings. The number of pyridine rings is 1. The smallest absolute Gasteiger partial charge is 0.356 e. The molecule has 0 saturated heterocycles. The Morgan fingerprint density at radius 2 is 1.81 bits per heavy atom. The lowest BCUT2D eigenvalue weighted by molar-refractivity contribution is 0.0691. The molecule has 4 nitrogen and oxygen atoms in total. The maximum Gasteiger partial charge on any atom is 0.356 e. The average molecular weight is 305 g/mol. The zero-order valence-electron chi connectivity index (χ0n) is 12.2. The lowest BCUT2D eigenvalue weighted by Crippen LogP contribution is -2.16. The fraction of sp³-hybridized carbons (Fsp3) is 0.250. The molecule has 1 aromatic heterocycles. The van der Waals surface area contributed by atoms with E-state index in [-0.39, 0.29) is 10.7 Å². The van der Waals surface area contributed by atoms with E-state index in [1.54, 1.807) is 12.1 Å². The van der Waals surface area contributed by atoms with Crippen LogP contribution in [-0.4, -0.2) is 35.1 Å². The third-order valence-corrected chi connectivity index (χ3v) is 3.82. The van der Waals surface area contributed by atoms with E-state index >= 15 is 0 Å². The second-order valence-corrected chi connectivity index (χ2v) is 5.50. The molecular weight excluding hydrogens is 288 g/mol. The van der Waals surface area contributed by atoms with E-state index in [0.717, 1.165) is 5.56 Å². The summed E-state index contributed by atoms with van der Waals surface area (Å²) in [7, 11) is 4.05. The number of carboxylic acid groups (broad SMARTS) is 1. The third kappa shape index (κ3) is 3.40. The lowest BCUT2D eigenvalue weighted by Gasteiger charge is -2.20. The Morgan fingerprint density at radius 1 is 1.19 bits per heavy atom. The predicted octanol–water partition coefficient (Wildman–Crippen LogP) is 3.72. The Bertz CT molecular complexity index is 654. The number of halogens is 1. The van der Waals surface area contributed by atoms with E-state index in [0.29, 0.717) is 11.7 Å². The van der Waals surface area contributed by atoms with Gasteiger partial charge < -0.3 is 10.0 Å². The van der Waals surface area contributed by atoms with E-state index in [2.05, 4.69) is 16.8 Å². The van der Waals surface area contributed by atoms with E-state index in [1.807, 2.05) is 38.4 Å². The van der Waals surface area contributed by atoms with Crippen LogP contribution in [0.2, 0.25) is 5.02 Å². The van der Waals surface area contributed by atoms with Crippen LogP contribution in [0.3, 0.4) is 0 Å². The highest BCUT2D eigenvalue weighted by Crippen LogP contribution is 2.24. The minimum atomic E-state index is -1.13. The topological polar surface area (TPSA) is 53.4 Å². The van der Waals surface area contributed by atoms with Gasteiger partial charge in [-0.05, 0) is 38.7 Å². The minimum Gasteiger partial charge on any atom is -0.476 e. The van der Waals surface area contributed by atoms with E-state index < -0.39 is 5.97 Å². The monoisotopic (exact) mass is 304 g/mol. The Labute approximate surface area is 129 Å². The molecule has 1 N–H and O–H groups in total. The zero-order chi connectivity index (χ0) is 15.6. The number of carbonyl (C=O) groups is 1. The zero-order valence-corrected chi connectivity index (χ0v) is 12.9. The number of hydrogen-bond donors (Lipinski definition) is 1. The summed E-state index contributed by atoms with van der Waals surface area (Å²) >= 11 is 5.83. The molecule has 1 aromatic carbocycles. The van der Waals surface area contributed by atoms with Crippen molar-refractivity contribution < 1.29 is 9.90 Å². The van der Waals surface area contributed by atoms with Crippen LogP contribution in [0.1, 0.15) is 29.0 Å². The summed E-state index contributed by atoms with van der Waals surface area (Å²) in [5.74, 6) is -1.13. The number of aromatic carboxylic acids is 1. The maximum absolute atomic E-state index is 11.1. The summed E-state index contributed by atoms with van der Waals surface area (Å²) < 4.78 is 0.